The van der Waals surface area contributed by atoms with Crippen molar-refractivity contribution in [1.29, 1.82) is 0 Å². The Morgan fingerprint density at radius 1 is 1.53 bits per heavy atom. The molecule has 8 nitrogen and oxygen atoms in total. The molecule has 1 aromatic carbocycles. The molecule has 0 amide bonds. The Bertz CT molecular complexity index is 501. The van der Waals surface area contributed by atoms with E-state index in [0.717, 1.165) is 6.07 Å². The van der Waals surface area contributed by atoms with E-state index in [2.05, 4.69) is 0 Å². The van der Waals surface area contributed by atoms with Gasteiger partial charge in [0.1, 0.15) is 6.04 Å². The van der Waals surface area contributed by atoms with E-state index in [1.807, 2.05) is 0 Å². The van der Waals surface area contributed by atoms with Gasteiger partial charge in [-0.05, 0) is 11.6 Å². The van der Waals surface area contributed by atoms with Crippen LogP contribution < -0.4 is 15.2 Å². The lowest BCUT2D eigenvalue weighted by atomic mass is 10.1. The first-order valence-corrected chi connectivity index (χ1v) is 4.57. The van der Waals surface area contributed by atoms with E-state index in [4.69, 9.17) is 20.3 Å². The molecule has 2 rings (SSSR count). The summed E-state index contributed by atoms with van der Waals surface area (Å²) < 4.78 is 9.92. The van der Waals surface area contributed by atoms with Gasteiger partial charge in [-0.15, -0.1) is 0 Å². The highest BCUT2D eigenvalue weighted by Gasteiger charge is 2.29. The molecule has 0 saturated heterocycles. The zero-order valence-electron chi connectivity index (χ0n) is 8.45. The lowest BCUT2D eigenvalue weighted by Crippen LogP contribution is -2.20. The molecule has 1 heterocycles. The molecule has 17 heavy (non-hydrogen) atoms. The van der Waals surface area contributed by atoms with Crippen LogP contribution in [0.5, 0.6) is 11.5 Å². The Morgan fingerprint density at radius 3 is 2.82 bits per heavy atom. The van der Waals surface area contributed by atoms with Crippen LogP contribution in [0.2, 0.25) is 0 Å². The van der Waals surface area contributed by atoms with Gasteiger partial charge in [-0.25, -0.2) is 0 Å². The summed E-state index contributed by atoms with van der Waals surface area (Å²) in [6.07, 6.45) is 0. The van der Waals surface area contributed by atoms with Crippen LogP contribution in [0.3, 0.4) is 0 Å². The number of hydrogen-bond donors (Lipinski definition) is 2. The summed E-state index contributed by atoms with van der Waals surface area (Å²) in [4.78, 5) is 20.8. The first-order valence-electron chi connectivity index (χ1n) is 4.57. The van der Waals surface area contributed by atoms with Crippen LogP contribution in [0.1, 0.15) is 11.6 Å². The van der Waals surface area contributed by atoms with Gasteiger partial charge in [0.2, 0.25) is 12.5 Å². The topological polar surface area (TPSA) is 125 Å². The fourth-order valence-corrected chi connectivity index (χ4v) is 1.47. The fourth-order valence-electron chi connectivity index (χ4n) is 1.47. The highest BCUT2D eigenvalue weighted by Crippen LogP contribution is 2.42. The van der Waals surface area contributed by atoms with Crippen molar-refractivity contribution in [2.75, 3.05) is 6.79 Å². The molecule has 0 fully saturated rings. The van der Waals surface area contributed by atoms with Crippen molar-refractivity contribution in [3.63, 3.8) is 0 Å². The second kappa shape index (κ2) is 3.91. The summed E-state index contributed by atoms with van der Waals surface area (Å²) in [6, 6.07) is 1.06. The molecule has 0 spiro atoms. The number of carbonyl (C=O) groups is 1. The van der Waals surface area contributed by atoms with E-state index < -0.39 is 16.9 Å². The number of fused-ring (bicyclic) bond motifs is 1. The minimum Gasteiger partial charge on any atom is -0.480 e. The molecule has 3 N–H and O–H groups in total. The van der Waals surface area contributed by atoms with Gasteiger partial charge in [-0.1, -0.05) is 0 Å². The number of nitrogens with zero attached hydrogens (tertiary/aromatic N) is 1. The molecule has 1 aliphatic heterocycles. The van der Waals surface area contributed by atoms with Crippen LogP contribution in [-0.2, 0) is 4.79 Å². The number of ether oxygens (including phenoxy) is 2. The fraction of sp³-hybridized carbons (Fsp3) is 0.222. The normalized spacial score (nSPS) is 14.4. The molecule has 0 aliphatic carbocycles. The molecule has 0 aromatic heterocycles. The number of nitro groups is 1. The predicted octanol–water partition coefficient (Wildman–Crippen LogP) is 0.408. The SMILES string of the molecule is NC(C(=O)O)c1cc2c(c([N+](=O)[O-])c1)OCO2. The van der Waals surface area contributed by atoms with Crippen LogP contribution in [0.25, 0.3) is 0 Å². The number of carboxylic acid groups (broad SMARTS) is 1. The summed E-state index contributed by atoms with van der Waals surface area (Å²) in [5, 5.41) is 19.5. The third-order valence-corrected chi connectivity index (χ3v) is 2.30. The number of aliphatic carboxylic acids is 1. The van der Waals surface area contributed by atoms with Gasteiger partial charge in [0, 0.05) is 6.07 Å². The van der Waals surface area contributed by atoms with Gasteiger partial charge < -0.3 is 20.3 Å². The van der Waals surface area contributed by atoms with Gasteiger partial charge >= 0.3 is 11.7 Å². The van der Waals surface area contributed by atoms with Gasteiger partial charge in [0.25, 0.3) is 0 Å². The van der Waals surface area contributed by atoms with E-state index in [9.17, 15) is 14.9 Å². The number of hydrogen-bond acceptors (Lipinski definition) is 6. The van der Waals surface area contributed by atoms with Gasteiger partial charge in [0.05, 0.1) is 4.92 Å². The number of nitrogens with two attached hydrogens (primary N) is 1. The molecule has 1 atom stereocenters. The number of rotatable bonds is 3. The van der Waals surface area contributed by atoms with Crippen molar-refractivity contribution in [2.45, 2.75) is 6.04 Å². The van der Waals surface area contributed by atoms with Crippen LogP contribution >= 0.6 is 0 Å². The van der Waals surface area contributed by atoms with Gasteiger partial charge in [0.15, 0.2) is 5.75 Å². The first kappa shape index (κ1) is 11.1. The standard InChI is InChI=1S/C9H8N2O6/c10-7(9(12)13)4-1-5(11(14)15)8-6(2-4)16-3-17-8/h1-2,7H,3,10H2,(H,12,13). The number of benzene rings is 1. The third-order valence-electron chi connectivity index (χ3n) is 2.30. The average molecular weight is 240 g/mol. The molecule has 90 valence electrons. The smallest absolute Gasteiger partial charge is 0.325 e. The van der Waals surface area contributed by atoms with Crippen molar-refractivity contribution in [1.82, 2.24) is 0 Å². The maximum absolute atomic E-state index is 10.8. The van der Waals surface area contributed by atoms with Crippen molar-refractivity contribution in [3.8, 4) is 11.5 Å². The summed E-state index contributed by atoms with van der Waals surface area (Å²) in [5.74, 6) is -1.15. The Morgan fingerprint density at radius 2 is 2.24 bits per heavy atom. The third kappa shape index (κ3) is 1.85. The summed E-state index contributed by atoms with van der Waals surface area (Å²) in [7, 11) is 0. The van der Waals surface area contributed by atoms with Crippen LogP contribution in [0.4, 0.5) is 5.69 Å². The summed E-state index contributed by atoms with van der Waals surface area (Å²) >= 11 is 0. The average Bonchev–Trinajstić information content (AvgIpc) is 2.73. The first-order chi connectivity index (χ1) is 8.00. The Hall–Kier alpha value is -2.35. The number of nitro benzene ring substituents is 1. The predicted molar refractivity (Wildman–Crippen MR) is 53.8 cm³/mol. The zero-order chi connectivity index (χ0) is 12.6. The zero-order valence-corrected chi connectivity index (χ0v) is 8.45. The maximum Gasteiger partial charge on any atom is 0.325 e. The molecule has 8 heteroatoms. The second-order valence-corrected chi connectivity index (χ2v) is 3.35. The summed E-state index contributed by atoms with van der Waals surface area (Å²) in [6.45, 7) is -0.137. The van der Waals surface area contributed by atoms with Crippen LogP contribution in [0.15, 0.2) is 12.1 Å². The Labute approximate surface area is 94.7 Å². The lowest BCUT2D eigenvalue weighted by molar-refractivity contribution is -0.385. The van der Waals surface area contributed by atoms with Crippen LogP contribution in [-0.4, -0.2) is 22.8 Å². The molecule has 1 unspecified atom stereocenters. The molecule has 0 bridgehead atoms. The monoisotopic (exact) mass is 240 g/mol. The number of carboxylic acids is 1. The van der Waals surface area contributed by atoms with Gasteiger partial charge in [-0.3, -0.25) is 14.9 Å². The summed E-state index contributed by atoms with van der Waals surface area (Å²) in [5.41, 5.74) is 5.12. The van der Waals surface area contributed by atoms with E-state index in [-0.39, 0.29) is 29.5 Å². The van der Waals surface area contributed by atoms with E-state index in [1.165, 1.54) is 6.07 Å². The van der Waals surface area contributed by atoms with E-state index in [1.54, 1.807) is 0 Å². The van der Waals surface area contributed by atoms with Crippen molar-refractivity contribution >= 4 is 11.7 Å². The quantitative estimate of drug-likeness (QED) is 0.578. The van der Waals surface area contributed by atoms with Crippen molar-refractivity contribution in [3.05, 3.63) is 27.8 Å². The van der Waals surface area contributed by atoms with Crippen LogP contribution in [0, 0.1) is 10.1 Å². The molecular formula is C9H8N2O6. The highest BCUT2D eigenvalue weighted by atomic mass is 16.7. The van der Waals surface area contributed by atoms with Crippen molar-refractivity contribution < 1.29 is 24.3 Å². The van der Waals surface area contributed by atoms with Gasteiger partial charge in [-0.2, -0.15) is 0 Å². The van der Waals surface area contributed by atoms with E-state index in [0.29, 0.717) is 0 Å². The maximum atomic E-state index is 10.8. The van der Waals surface area contributed by atoms with Crippen molar-refractivity contribution in [2.24, 2.45) is 5.73 Å². The largest absolute Gasteiger partial charge is 0.480 e. The minimum absolute atomic E-state index is 0.00339. The Balaban J connectivity index is 2.54. The highest BCUT2D eigenvalue weighted by molar-refractivity contribution is 5.76. The Kier molecular flexibility index (Phi) is 2.56. The molecule has 1 aliphatic rings. The van der Waals surface area contributed by atoms with E-state index >= 15 is 0 Å². The molecule has 0 radical (unpaired) electrons. The molecular weight excluding hydrogens is 232 g/mol. The lowest BCUT2D eigenvalue weighted by Gasteiger charge is -2.07. The second-order valence-electron chi connectivity index (χ2n) is 3.35. The molecule has 0 saturated carbocycles. The minimum atomic E-state index is -1.34. The molecule has 1 aromatic rings.